The smallest absolute Gasteiger partial charge is 0.291 e. The van der Waals surface area contributed by atoms with Crippen LogP contribution in [-0.4, -0.2) is 20.5 Å². The Balaban J connectivity index is 1.49. The Morgan fingerprint density at radius 3 is 2.53 bits per heavy atom. The zero-order valence-corrected chi connectivity index (χ0v) is 19.0. The maximum Gasteiger partial charge on any atom is 0.291 e. The number of para-hydroxylation sites is 1. The Labute approximate surface area is 201 Å². The van der Waals surface area contributed by atoms with Gasteiger partial charge in [-0.3, -0.25) is 9.59 Å². The lowest BCUT2D eigenvalue weighted by molar-refractivity contribution is -0.113. The van der Waals surface area contributed by atoms with E-state index in [2.05, 4.69) is 10.1 Å². The SMILES string of the molecule is O=C1/C(=c2/sc3nc(-c4cccc(Cl)c4)nn3c2=O)c2ccccc2N1Cc1ccc(F)cc1. The average molecular weight is 489 g/mol. The number of anilines is 1. The first-order valence-electron chi connectivity index (χ1n) is 10.3. The summed E-state index contributed by atoms with van der Waals surface area (Å²) >= 11 is 7.20. The Kier molecular flexibility index (Phi) is 4.79. The zero-order valence-electron chi connectivity index (χ0n) is 17.4. The minimum absolute atomic E-state index is 0.257. The number of benzene rings is 3. The van der Waals surface area contributed by atoms with Gasteiger partial charge < -0.3 is 4.90 Å². The van der Waals surface area contributed by atoms with E-state index in [0.717, 1.165) is 16.9 Å². The van der Waals surface area contributed by atoms with Crippen LogP contribution < -0.4 is 15.0 Å². The van der Waals surface area contributed by atoms with Crippen molar-refractivity contribution >= 4 is 45.1 Å². The first-order chi connectivity index (χ1) is 16.5. The number of carbonyl (C=O) groups excluding carboxylic acids is 1. The monoisotopic (exact) mass is 488 g/mol. The van der Waals surface area contributed by atoms with Crippen molar-refractivity contribution in [2.75, 3.05) is 4.90 Å². The predicted octanol–water partition coefficient (Wildman–Crippen LogP) is 4.08. The molecule has 3 heterocycles. The molecular formula is C25H14ClFN4O2S. The summed E-state index contributed by atoms with van der Waals surface area (Å²) in [5, 5.41) is 4.91. The molecule has 0 fully saturated rings. The molecule has 1 amide bonds. The molecule has 6 nitrogen and oxygen atoms in total. The third-order valence-electron chi connectivity index (χ3n) is 5.64. The van der Waals surface area contributed by atoms with E-state index in [4.69, 9.17) is 11.6 Å². The molecule has 3 aromatic carbocycles. The van der Waals surface area contributed by atoms with E-state index >= 15 is 0 Å². The highest BCUT2D eigenvalue weighted by atomic mass is 35.5. The highest BCUT2D eigenvalue weighted by Crippen LogP contribution is 2.36. The molecule has 0 saturated heterocycles. The van der Waals surface area contributed by atoms with Crippen LogP contribution in [0.15, 0.2) is 77.6 Å². The van der Waals surface area contributed by atoms with Crippen molar-refractivity contribution in [1.29, 1.82) is 0 Å². The fraction of sp³-hybridized carbons (Fsp3) is 0.0400. The van der Waals surface area contributed by atoms with Crippen LogP contribution in [0.1, 0.15) is 11.1 Å². The molecular weight excluding hydrogens is 475 g/mol. The van der Waals surface area contributed by atoms with Crippen LogP contribution in [0.4, 0.5) is 10.1 Å². The number of nitrogens with zero attached hydrogens (tertiary/aromatic N) is 4. The van der Waals surface area contributed by atoms with E-state index in [1.807, 2.05) is 30.3 Å². The van der Waals surface area contributed by atoms with Crippen molar-refractivity contribution in [2.45, 2.75) is 6.54 Å². The van der Waals surface area contributed by atoms with Gasteiger partial charge in [-0.15, -0.1) is 5.10 Å². The van der Waals surface area contributed by atoms with Gasteiger partial charge in [0.25, 0.3) is 11.5 Å². The normalized spacial score (nSPS) is 14.8. The number of amides is 1. The molecule has 166 valence electrons. The Bertz CT molecular complexity index is 1710. The summed E-state index contributed by atoms with van der Waals surface area (Å²) in [5.74, 6) is -0.243. The maximum atomic E-state index is 13.5. The molecule has 34 heavy (non-hydrogen) atoms. The van der Waals surface area contributed by atoms with Gasteiger partial charge in [0.05, 0.1) is 17.8 Å². The second-order valence-electron chi connectivity index (χ2n) is 7.79. The molecule has 0 saturated carbocycles. The summed E-state index contributed by atoms with van der Waals surface area (Å²) in [4.78, 5) is 33.3. The van der Waals surface area contributed by atoms with Gasteiger partial charge in [-0.2, -0.15) is 9.50 Å². The first kappa shape index (κ1) is 20.7. The van der Waals surface area contributed by atoms with Gasteiger partial charge in [-0.25, -0.2) is 4.39 Å². The van der Waals surface area contributed by atoms with Gasteiger partial charge in [0.2, 0.25) is 4.96 Å². The predicted molar refractivity (Wildman–Crippen MR) is 129 cm³/mol. The van der Waals surface area contributed by atoms with Crippen LogP contribution in [0.3, 0.4) is 0 Å². The number of hydrogen-bond acceptors (Lipinski definition) is 5. The molecule has 0 unspecified atom stereocenters. The lowest BCUT2D eigenvalue weighted by atomic mass is 10.1. The Morgan fingerprint density at radius 1 is 0.971 bits per heavy atom. The fourth-order valence-corrected chi connectivity index (χ4v) is 5.25. The highest BCUT2D eigenvalue weighted by Gasteiger charge is 2.34. The third kappa shape index (κ3) is 3.30. The van der Waals surface area contributed by atoms with Gasteiger partial charge in [0.1, 0.15) is 10.3 Å². The molecule has 0 atom stereocenters. The van der Waals surface area contributed by atoms with E-state index in [1.54, 1.807) is 35.2 Å². The lowest BCUT2D eigenvalue weighted by Gasteiger charge is -2.17. The van der Waals surface area contributed by atoms with Crippen LogP contribution in [0.2, 0.25) is 5.02 Å². The molecule has 0 aliphatic carbocycles. The molecule has 9 heteroatoms. The summed E-state index contributed by atoms with van der Waals surface area (Å²) in [6.07, 6.45) is 0. The van der Waals surface area contributed by atoms with E-state index < -0.39 is 5.56 Å². The number of halogens is 2. The standard InChI is InChI=1S/C25H14ClFN4O2S/c26-16-5-3-4-15(12-16)22-28-25-31(29-22)24(33)21(34-25)20-18-6-1-2-7-19(18)30(23(20)32)13-14-8-10-17(27)11-9-14/h1-12H,13H2/b21-20+. The number of rotatable bonds is 3. The van der Waals surface area contributed by atoms with Crippen molar-refractivity contribution in [3.05, 3.63) is 110 Å². The molecule has 0 bridgehead atoms. The first-order valence-corrected chi connectivity index (χ1v) is 11.5. The van der Waals surface area contributed by atoms with E-state index in [1.165, 1.54) is 16.6 Å². The van der Waals surface area contributed by atoms with Gasteiger partial charge >= 0.3 is 0 Å². The van der Waals surface area contributed by atoms with Crippen LogP contribution in [0, 0.1) is 5.82 Å². The Hall–Kier alpha value is -3.88. The molecule has 1 aliphatic heterocycles. The molecule has 5 aromatic rings. The molecule has 2 aromatic heterocycles. The number of carbonyl (C=O) groups is 1. The molecule has 0 radical (unpaired) electrons. The van der Waals surface area contributed by atoms with Gasteiger partial charge in [0, 0.05) is 16.1 Å². The quantitative estimate of drug-likeness (QED) is 0.384. The number of fused-ring (bicyclic) bond motifs is 2. The van der Waals surface area contributed by atoms with Crippen molar-refractivity contribution in [2.24, 2.45) is 0 Å². The summed E-state index contributed by atoms with van der Waals surface area (Å²) < 4.78 is 14.8. The second-order valence-corrected chi connectivity index (χ2v) is 9.20. The largest absolute Gasteiger partial charge is 0.303 e. The van der Waals surface area contributed by atoms with Crippen molar-refractivity contribution in [1.82, 2.24) is 14.6 Å². The number of hydrogen-bond donors (Lipinski definition) is 0. The third-order valence-corrected chi connectivity index (χ3v) is 6.91. The van der Waals surface area contributed by atoms with Gasteiger partial charge in [-0.1, -0.05) is 65.4 Å². The number of thiazole rings is 1. The molecule has 0 spiro atoms. The topological polar surface area (TPSA) is 67.6 Å². The van der Waals surface area contributed by atoms with Crippen molar-refractivity contribution in [3.8, 4) is 11.4 Å². The van der Waals surface area contributed by atoms with E-state index in [0.29, 0.717) is 38.2 Å². The zero-order chi connectivity index (χ0) is 23.4. The minimum Gasteiger partial charge on any atom is -0.303 e. The second kappa shape index (κ2) is 7.86. The van der Waals surface area contributed by atoms with Crippen LogP contribution in [-0.2, 0) is 11.3 Å². The molecule has 6 rings (SSSR count). The van der Waals surface area contributed by atoms with E-state index in [-0.39, 0.29) is 22.8 Å². The van der Waals surface area contributed by atoms with Gasteiger partial charge in [0.15, 0.2) is 5.82 Å². The van der Waals surface area contributed by atoms with Crippen molar-refractivity contribution < 1.29 is 9.18 Å². The summed E-state index contributed by atoms with van der Waals surface area (Å²) in [5.41, 5.74) is 2.77. The highest BCUT2D eigenvalue weighted by molar-refractivity contribution is 7.15. The Morgan fingerprint density at radius 2 is 1.76 bits per heavy atom. The lowest BCUT2D eigenvalue weighted by Crippen LogP contribution is -2.32. The minimum atomic E-state index is -0.400. The van der Waals surface area contributed by atoms with Crippen molar-refractivity contribution in [3.63, 3.8) is 0 Å². The summed E-state index contributed by atoms with van der Waals surface area (Å²) in [6.45, 7) is 0.257. The summed E-state index contributed by atoms with van der Waals surface area (Å²) in [6, 6.07) is 20.4. The average Bonchev–Trinajstić information content (AvgIpc) is 3.47. The fourth-order valence-electron chi connectivity index (χ4n) is 4.06. The van der Waals surface area contributed by atoms with E-state index in [9.17, 15) is 14.0 Å². The number of aromatic nitrogens is 3. The maximum absolute atomic E-state index is 13.5. The van der Waals surface area contributed by atoms with Crippen LogP contribution >= 0.6 is 22.9 Å². The van der Waals surface area contributed by atoms with Crippen LogP contribution in [0.25, 0.3) is 21.9 Å². The summed E-state index contributed by atoms with van der Waals surface area (Å²) in [7, 11) is 0. The van der Waals surface area contributed by atoms with Gasteiger partial charge in [-0.05, 0) is 35.9 Å². The molecule has 1 aliphatic rings. The van der Waals surface area contributed by atoms with Crippen LogP contribution in [0.5, 0.6) is 0 Å². The molecule has 0 N–H and O–H groups in total.